The van der Waals surface area contributed by atoms with Gasteiger partial charge in [0.15, 0.2) is 5.67 Å². The van der Waals surface area contributed by atoms with Gasteiger partial charge in [-0.25, -0.2) is 9.37 Å². The molecule has 1 saturated carbocycles. The number of ether oxygens (including phenoxy) is 1. The monoisotopic (exact) mass is 784 g/mol. The lowest BCUT2D eigenvalue weighted by molar-refractivity contribution is -0.145. The first-order valence-corrected chi connectivity index (χ1v) is 21.1. The zero-order valence-corrected chi connectivity index (χ0v) is 33.8. The molecule has 3 heterocycles. The molecule has 0 radical (unpaired) electrons. The number of aromatic nitrogens is 1. The van der Waals surface area contributed by atoms with Crippen LogP contribution in [0.25, 0.3) is 10.4 Å². The number of likely N-dealkylation sites (tertiary alicyclic amines) is 1. The Hall–Kier alpha value is -3.62. The van der Waals surface area contributed by atoms with Crippen molar-refractivity contribution in [2.45, 2.75) is 135 Å². The normalized spacial score (nSPS) is 21.1. The zero-order chi connectivity index (χ0) is 39.6. The molecule has 0 spiro atoms. The van der Waals surface area contributed by atoms with Crippen LogP contribution in [0.1, 0.15) is 109 Å². The fourth-order valence-electron chi connectivity index (χ4n) is 7.30. The molecular formula is C41H61FN6O6S. The molecule has 4 atom stereocenters. The number of aliphatic hydroxyl groups excluding tert-OH is 1. The molecule has 5 N–H and O–H groups in total. The van der Waals surface area contributed by atoms with Gasteiger partial charge in [-0.3, -0.25) is 19.2 Å². The summed E-state index contributed by atoms with van der Waals surface area (Å²) >= 11 is 1.55. The number of hydrogen-bond donors (Lipinski definition) is 5. The second-order valence-corrected chi connectivity index (χ2v) is 17.5. The van der Waals surface area contributed by atoms with Crippen molar-refractivity contribution in [2.24, 2.45) is 11.3 Å². The van der Waals surface area contributed by atoms with Crippen LogP contribution in [0.5, 0.6) is 5.75 Å². The molecule has 1 aromatic heterocycles. The Balaban J connectivity index is 1.11. The summed E-state index contributed by atoms with van der Waals surface area (Å²) in [6.45, 7) is 10.4. The number of halogens is 1. The molecule has 4 amide bonds. The molecule has 3 aliphatic rings. The van der Waals surface area contributed by atoms with Crippen LogP contribution in [-0.4, -0.2) is 95.3 Å². The molecule has 2 aromatic rings. The first-order chi connectivity index (χ1) is 26.3. The van der Waals surface area contributed by atoms with Gasteiger partial charge in [-0.2, -0.15) is 0 Å². The maximum absolute atomic E-state index is 14.6. The van der Waals surface area contributed by atoms with Gasteiger partial charge in [0.2, 0.25) is 17.7 Å². The van der Waals surface area contributed by atoms with Crippen molar-refractivity contribution in [3.63, 3.8) is 0 Å². The Bertz CT molecular complexity index is 1620. The van der Waals surface area contributed by atoms with E-state index in [1.54, 1.807) is 32.1 Å². The molecule has 1 aliphatic carbocycles. The van der Waals surface area contributed by atoms with Crippen LogP contribution in [0.4, 0.5) is 4.39 Å². The highest BCUT2D eigenvalue weighted by Crippen LogP contribution is 2.40. The van der Waals surface area contributed by atoms with E-state index >= 15 is 0 Å². The van der Waals surface area contributed by atoms with E-state index in [0.717, 1.165) is 99.1 Å². The maximum Gasteiger partial charge on any atom is 0.258 e. The molecule has 1 aromatic carbocycles. The van der Waals surface area contributed by atoms with E-state index in [9.17, 15) is 28.7 Å². The fourth-order valence-corrected chi connectivity index (χ4v) is 8.10. The van der Waals surface area contributed by atoms with Crippen LogP contribution < -0.4 is 26.0 Å². The number of β-amino-alcohol motifs (C(OH)–C–C–N with tert-alkyl or cyclic N) is 1. The number of carbonyl (C=O) groups excluding carboxylic acids is 4. The van der Waals surface area contributed by atoms with Crippen molar-refractivity contribution in [1.29, 1.82) is 0 Å². The summed E-state index contributed by atoms with van der Waals surface area (Å²) in [4.78, 5) is 59.2. The van der Waals surface area contributed by atoms with Crippen LogP contribution in [0.15, 0.2) is 23.7 Å². The summed E-state index contributed by atoms with van der Waals surface area (Å²) in [6, 6.07) is 3.87. The fraction of sp³-hybridized carbons (Fsp3) is 0.683. The van der Waals surface area contributed by atoms with Crippen LogP contribution in [0.3, 0.4) is 0 Å². The molecular weight excluding hydrogens is 724 g/mol. The first kappa shape index (κ1) is 42.5. The van der Waals surface area contributed by atoms with Crippen LogP contribution in [0, 0.1) is 18.3 Å². The number of alkyl halides is 1. The molecule has 2 saturated heterocycles. The number of thiazole rings is 1. The highest BCUT2D eigenvalue weighted by molar-refractivity contribution is 7.13. The van der Waals surface area contributed by atoms with Gasteiger partial charge in [-0.05, 0) is 69.0 Å². The molecule has 5 rings (SSSR count). The first-order valence-electron chi connectivity index (χ1n) is 20.2. The second kappa shape index (κ2) is 19.5. The Morgan fingerprint density at radius 2 is 1.80 bits per heavy atom. The number of aryl methyl sites for hydroxylation is 1. The van der Waals surface area contributed by atoms with Gasteiger partial charge in [0.1, 0.15) is 17.8 Å². The molecule has 3 fully saturated rings. The summed E-state index contributed by atoms with van der Waals surface area (Å²) in [6.07, 6.45) is 8.78. The number of piperidine rings is 1. The number of amides is 4. The van der Waals surface area contributed by atoms with Crippen molar-refractivity contribution in [1.82, 2.24) is 31.2 Å². The van der Waals surface area contributed by atoms with E-state index in [2.05, 4.69) is 26.3 Å². The smallest absolute Gasteiger partial charge is 0.258 e. The predicted octanol–water partition coefficient (Wildman–Crippen LogP) is 4.95. The van der Waals surface area contributed by atoms with Crippen LogP contribution >= 0.6 is 11.3 Å². The third-order valence-electron chi connectivity index (χ3n) is 10.9. The largest absolute Gasteiger partial charge is 0.493 e. The van der Waals surface area contributed by atoms with E-state index < -0.39 is 47.0 Å². The highest BCUT2D eigenvalue weighted by Gasteiger charge is 2.53. The average molecular weight is 785 g/mol. The number of hydrogen-bond acceptors (Lipinski definition) is 9. The van der Waals surface area contributed by atoms with Gasteiger partial charge < -0.3 is 36.0 Å². The number of aliphatic hydroxyl groups is 1. The van der Waals surface area contributed by atoms with Crippen molar-refractivity contribution in [3.05, 3.63) is 35.0 Å². The number of carbonyl (C=O) groups is 4. The molecule has 0 bridgehead atoms. The van der Waals surface area contributed by atoms with Gasteiger partial charge >= 0.3 is 0 Å². The number of nitrogens with one attached hydrogen (secondary N) is 4. The minimum absolute atomic E-state index is 0.0529. The third-order valence-corrected chi connectivity index (χ3v) is 11.9. The lowest BCUT2D eigenvalue weighted by Crippen LogP contribution is -2.59. The van der Waals surface area contributed by atoms with Gasteiger partial charge in [0.25, 0.3) is 5.91 Å². The lowest BCUT2D eigenvalue weighted by Gasteiger charge is -2.35. The number of nitrogens with zero attached hydrogens (tertiary/aromatic N) is 2. The number of unbranched alkanes of at least 4 members (excludes halogenated alkanes) is 6. The Morgan fingerprint density at radius 3 is 2.45 bits per heavy atom. The molecule has 1 unspecified atom stereocenters. The van der Waals surface area contributed by atoms with Crippen LogP contribution in [0.2, 0.25) is 0 Å². The Kier molecular flexibility index (Phi) is 15.1. The predicted molar refractivity (Wildman–Crippen MR) is 211 cm³/mol. The molecule has 304 valence electrons. The lowest BCUT2D eigenvalue weighted by atomic mass is 9.85. The van der Waals surface area contributed by atoms with E-state index in [-0.39, 0.29) is 44.2 Å². The van der Waals surface area contributed by atoms with Crippen molar-refractivity contribution in [3.8, 4) is 16.2 Å². The van der Waals surface area contributed by atoms with E-state index in [1.807, 2.05) is 30.6 Å². The number of benzene rings is 1. The summed E-state index contributed by atoms with van der Waals surface area (Å²) in [5, 5.41) is 22.5. The topological polar surface area (TPSA) is 162 Å². The Morgan fingerprint density at radius 1 is 1.07 bits per heavy atom. The second-order valence-electron chi connectivity index (χ2n) is 16.6. The van der Waals surface area contributed by atoms with Gasteiger partial charge in [0.05, 0.1) is 34.7 Å². The standard InChI is InChI=1S/C41H61FN6O6S/c1-27-34(55-26-46-27)28-14-15-29(33(21-28)54-20-11-9-7-5-6-8-10-19-44-36(50)30-13-12-18-43-23-30)24-45-37(51)32-22-31(49)25-48(32)38(52)35(40(2,3)4)47-39(53)41(42)16-17-41/h14-15,21,26,30-32,35,43,49H,5-13,16-20,22-25H2,1-4H3,(H,44,50)(H,45,51)(H,47,53)/t30?,31-,32+,35-/m1/s1. The summed E-state index contributed by atoms with van der Waals surface area (Å²) < 4.78 is 20.9. The van der Waals surface area contributed by atoms with Gasteiger partial charge in [0, 0.05) is 38.2 Å². The minimum Gasteiger partial charge on any atom is -0.493 e. The molecule has 14 heteroatoms. The summed E-state index contributed by atoms with van der Waals surface area (Å²) in [5.74, 6) is -0.816. The van der Waals surface area contributed by atoms with E-state index in [0.29, 0.717) is 12.4 Å². The third kappa shape index (κ3) is 11.9. The minimum atomic E-state index is -1.95. The van der Waals surface area contributed by atoms with E-state index in [4.69, 9.17) is 4.74 Å². The Labute approximate surface area is 329 Å². The summed E-state index contributed by atoms with van der Waals surface area (Å²) in [7, 11) is 0. The highest BCUT2D eigenvalue weighted by atomic mass is 32.1. The van der Waals surface area contributed by atoms with Gasteiger partial charge in [-0.15, -0.1) is 11.3 Å². The molecule has 55 heavy (non-hydrogen) atoms. The maximum atomic E-state index is 14.6. The zero-order valence-electron chi connectivity index (χ0n) is 33.0. The van der Waals surface area contributed by atoms with E-state index in [1.165, 1.54) is 4.90 Å². The van der Waals surface area contributed by atoms with Crippen molar-refractivity contribution < 1.29 is 33.4 Å². The number of rotatable bonds is 19. The van der Waals surface area contributed by atoms with Crippen molar-refractivity contribution in [2.75, 3.05) is 32.8 Å². The van der Waals surface area contributed by atoms with Crippen molar-refractivity contribution >= 4 is 35.0 Å². The average Bonchev–Trinajstić information content (AvgIpc) is 3.57. The SMILES string of the molecule is Cc1ncsc1-c1ccc(CNC(=O)[C@@H]2C[C@@H](O)CN2C(=O)[C@@H](NC(=O)C2(F)CC2)C(C)(C)C)c(OCCCCCCCCCNC(=O)C2CCCNC2)c1. The quantitative estimate of drug-likeness (QED) is 0.125. The van der Waals surface area contributed by atoms with Crippen LogP contribution in [-0.2, 0) is 25.7 Å². The molecule has 12 nitrogen and oxygen atoms in total. The summed E-state index contributed by atoms with van der Waals surface area (Å²) in [5.41, 5.74) is 1.78. The molecule has 2 aliphatic heterocycles. The van der Waals surface area contributed by atoms with Gasteiger partial charge in [-0.1, -0.05) is 65.0 Å².